The van der Waals surface area contributed by atoms with Crippen molar-refractivity contribution in [2.24, 2.45) is 5.92 Å². The Hall–Kier alpha value is -1.46. The van der Waals surface area contributed by atoms with Gasteiger partial charge in [0.25, 0.3) is 0 Å². The largest absolute Gasteiger partial charge is 0.487 e. The lowest BCUT2D eigenvalue weighted by atomic mass is 9.99. The monoisotopic (exact) mass is 340 g/mol. The first kappa shape index (κ1) is 17.9. The van der Waals surface area contributed by atoms with E-state index in [4.69, 9.17) is 16.3 Å². The molecule has 0 aromatic heterocycles. The molecule has 1 aliphatic heterocycles. The van der Waals surface area contributed by atoms with Gasteiger partial charge in [0.15, 0.2) is 0 Å². The third-order valence-electron chi connectivity index (χ3n) is 4.13. The average Bonchev–Trinajstić information content (AvgIpc) is 2.59. The average molecular weight is 341 g/mol. The van der Waals surface area contributed by atoms with Crippen LogP contribution >= 0.6 is 11.6 Å². The molecule has 5 nitrogen and oxygen atoms in total. The molecular weight excluding hydrogens is 316 g/mol. The van der Waals surface area contributed by atoms with Gasteiger partial charge in [-0.3, -0.25) is 0 Å². The smallest absolute Gasteiger partial charge is 0.317 e. The van der Waals surface area contributed by atoms with Gasteiger partial charge in [0.1, 0.15) is 11.9 Å². The first-order valence-electron chi connectivity index (χ1n) is 8.18. The normalized spacial score (nSPS) is 19.3. The Morgan fingerprint density at radius 2 is 2.30 bits per heavy atom. The molecule has 6 heteroatoms. The van der Waals surface area contributed by atoms with E-state index in [-0.39, 0.29) is 24.7 Å². The Kier molecular flexibility index (Phi) is 6.99. The van der Waals surface area contributed by atoms with Crippen molar-refractivity contribution < 1.29 is 14.6 Å². The fourth-order valence-electron chi connectivity index (χ4n) is 2.70. The number of piperidine rings is 1. The van der Waals surface area contributed by atoms with Crippen molar-refractivity contribution in [2.45, 2.75) is 32.3 Å². The first-order chi connectivity index (χ1) is 11.1. The highest BCUT2D eigenvalue weighted by Crippen LogP contribution is 2.24. The highest BCUT2D eigenvalue weighted by molar-refractivity contribution is 6.32. The standard InChI is InChI=1S/C17H25ClN2O3/c1-2-14(23-16-8-4-3-7-15(16)18)10-19-17(22)20-9-5-6-13(11-20)12-21/h3-4,7-8,13-14,21H,2,5-6,9-12H2,1H3,(H,19,22)/t13-,14+/m1/s1. The number of carbonyl (C=O) groups excluding carboxylic acids is 1. The summed E-state index contributed by atoms with van der Waals surface area (Å²) in [5.74, 6) is 0.824. The molecule has 2 N–H and O–H groups in total. The fraction of sp³-hybridized carbons (Fsp3) is 0.588. The third-order valence-corrected chi connectivity index (χ3v) is 4.44. The lowest BCUT2D eigenvalue weighted by molar-refractivity contribution is 0.125. The summed E-state index contributed by atoms with van der Waals surface area (Å²) in [5, 5.41) is 12.7. The molecule has 23 heavy (non-hydrogen) atoms. The van der Waals surface area contributed by atoms with Crippen LogP contribution in [0.5, 0.6) is 5.75 Å². The van der Waals surface area contributed by atoms with Crippen LogP contribution < -0.4 is 10.1 Å². The molecule has 1 aliphatic rings. The van der Waals surface area contributed by atoms with Crippen LogP contribution in [-0.2, 0) is 0 Å². The summed E-state index contributed by atoms with van der Waals surface area (Å²) >= 11 is 6.10. The maximum atomic E-state index is 12.3. The lowest BCUT2D eigenvalue weighted by Crippen LogP contribution is -2.48. The van der Waals surface area contributed by atoms with Gasteiger partial charge in [0, 0.05) is 19.7 Å². The van der Waals surface area contributed by atoms with Gasteiger partial charge in [0.05, 0.1) is 11.6 Å². The zero-order chi connectivity index (χ0) is 16.7. The Bertz CT molecular complexity index is 512. The van der Waals surface area contributed by atoms with E-state index >= 15 is 0 Å². The Balaban J connectivity index is 1.83. The predicted octanol–water partition coefficient (Wildman–Crippen LogP) is 2.91. The first-order valence-corrected chi connectivity index (χ1v) is 8.56. The van der Waals surface area contributed by atoms with Gasteiger partial charge in [-0.25, -0.2) is 4.79 Å². The van der Waals surface area contributed by atoms with E-state index in [1.54, 1.807) is 11.0 Å². The Morgan fingerprint density at radius 3 is 3.00 bits per heavy atom. The molecule has 0 unspecified atom stereocenters. The molecule has 1 fully saturated rings. The molecule has 0 bridgehead atoms. The molecular formula is C17H25ClN2O3. The number of urea groups is 1. The van der Waals surface area contributed by atoms with Gasteiger partial charge < -0.3 is 20.1 Å². The third kappa shape index (κ3) is 5.29. The van der Waals surface area contributed by atoms with Crippen LogP contribution in [0.2, 0.25) is 5.02 Å². The summed E-state index contributed by atoms with van der Waals surface area (Å²) in [4.78, 5) is 14.0. The molecule has 1 saturated heterocycles. The van der Waals surface area contributed by atoms with Crippen LogP contribution in [-0.4, -0.2) is 48.4 Å². The van der Waals surface area contributed by atoms with Gasteiger partial charge in [-0.15, -0.1) is 0 Å². The second-order valence-electron chi connectivity index (χ2n) is 5.90. The van der Waals surface area contributed by atoms with E-state index in [0.29, 0.717) is 23.9 Å². The molecule has 2 rings (SSSR count). The van der Waals surface area contributed by atoms with Gasteiger partial charge in [-0.05, 0) is 37.3 Å². The number of amides is 2. The molecule has 0 spiro atoms. The molecule has 0 aliphatic carbocycles. The summed E-state index contributed by atoms with van der Waals surface area (Å²) in [6.45, 7) is 3.93. The van der Waals surface area contributed by atoms with E-state index in [1.807, 2.05) is 25.1 Å². The van der Waals surface area contributed by atoms with Crippen LogP contribution in [0.1, 0.15) is 26.2 Å². The van der Waals surface area contributed by atoms with Gasteiger partial charge in [-0.1, -0.05) is 30.7 Å². The Labute approximate surface area is 142 Å². The van der Waals surface area contributed by atoms with Crippen LogP contribution in [0.15, 0.2) is 24.3 Å². The fourth-order valence-corrected chi connectivity index (χ4v) is 2.88. The van der Waals surface area contributed by atoms with E-state index in [1.165, 1.54) is 0 Å². The van der Waals surface area contributed by atoms with Crippen molar-refractivity contribution in [1.29, 1.82) is 0 Å². The van der Waals surface area contributed by atoms with Gasteiger partial charge >= 0.3 is 6.03 Å². The number of halogens is 1. The number of hydrogen-bond donors (Lipinski definition) is 2. The molecule has 128 valence electrons. The van der Waals surface area contributed by atoms with Gasteiger partial charge in [-0.2, -0.15) is 0 Å². The Morgan fingerprint density at radius 1 is 1.52 bits per heavy atom. The summed E-state index contributed by atoms with van der Waals surface area (Å²) in [6.07, 6.45) is 2.56. The molecule has 1 aromatic carbocycles. The highest BCUT2D eigenvalue weighted by Gasteiger charge is 2.23. The number of carbonyl (C=O) groups is 1. The number of aliphatic hydroxyl groups is 1. The molecule has 2 amide bonds. The van der Waals surface area contributed by atoms with Crippen LogP contribution in [0.3, 0.4) is 0 Å². The minimum absolute atomic E-state index is 0.0932. The van der Waals surface area contributed by atoms with E-state index in [0.717, 1.165) is 25.8 Å². The minimum atomic E-state index is -0.128. The summed E-state index contributed by atoms with van der Waals surface area (Å²) in [6, 6.07) is 7.24. The maximum absolute atomic E-state index is 12.3. The van der Waals surface area contributed by atoms with Crippen molar-refractivity contribution in [3.63, 3.8) is 0 Å². The number of rotatable bonds is 6. The van der Waals surface area contributed by atoms with Crippen molar-refractivity contribution in [3.8, 4) is 5.75 Å². The summed E-state index contributed by atoms with van der Waals surface area (Å²) in [5.41, 5.74) is 0. The van der Waals surface area contributed by atoms with E-state index in [2.05, 4.69) is 5.32 Å². The number of nitrogens with one attached hydrogen (secondary N) is 1. The van der Waals surface area contributed by atoms with Crippen molar-refractivity contribution >= 4 is 17.6 Å². The SMILES string of the molecule is CC[C@@H](CNC(=O)N1CCC[C@@H](CO)C1)Oc1ccccc1Cl. The van der Waals surface area contributed by atoms with Crippen LogP contribution in [0, 0.1) is 5.92 Å². The van der Waals surface area contributed by atoms with E-state index < -0.39 is 0 Å². The number of nitrogens with zero attached hydrogens (tertiary/aromatic N) is 1. The van der Waals surface area contributed by atoms with Crippen molar-refractivity contribution in [1.82, 2.24) is 10.2 Å². The second kappa shape index (κ2) is 8.99. The zero-order valence-electron chi connectivity index (χ0n) is 13.5. The topological polar surface area (TPSA) is 61.8 Å². The molecule has 1 aromatic rings. The molecule has 1 heterocycles. The van der Waals surface area contributed by atoms with Crippen LogP contribution in [0.25, 0.3) is 0 Å². The number of para-hydroxylation sites is 1. The van der Waals surface area contributed by atoms with Crippen molar-refractivity contribution in [2.75, 3.05) is 26.2 Å². The van der Waals surface area contributed by atoms with E-state index in [9.17, 15) is 9.90 Å². The summed E-state index contributed by atoms with van der Waals surface area (Å²) in [7, 11) is 0. The number of ether oxygens (including phenoxy) is 1. The predicted molar refractivity (Wildman–Crippen MR) is 90.9 cm³/mol. The van der Waals surface area contributed by atoms with Crippen molar-refractivity contribution in [3.05, 3.63) is 29.3 Å². The molecule has 2 atom stereocenters. The molecule has 0 saturated carbocycles. The summed E-state index contributed by atoms with van der Waals surface area (Å²) < 4.78 is 5.87. The number of hydrogen-bond acceptors (Lipinski definition) is 3. The van der Waals surface area contributed by atoms with Crippen LogP contribution in [0.4, 0.5) is 4.79 Å². The number of benzene rings is 1. The number of aliphatic hydroxyl groups excluding tert-OH is 1. The lowest BCUT2D eigenvalue weighted by Gasteiger charge is -2.32. The maximum Gasteiger partial charge on any atom is 0.317 e. The molecule has 0 radical (unpaired) electrons. The highest BCUT2D eigenvalue weighted by atomic mass is 35.5. The minimum Gasteiger partial charge on any atom is -0.487 e. The van der Waals surface area contributed by atoms with Gasteiger partial charge in [0.2, 0.25) is 0 Å². The quantitative estimate of drug-likeness (QED) is 0.837. The number of likely N-dealkylation sites (tertiary alicyclic amines) is 1. The zero-order valence-corrected chi connectivity index (χ0v) is 14.3. The second-order valence-corrected chi connectivity index (χ2v) is 6.31.